The van der Waals surface area contributed by atoms with Crippen LogP contribution in [0.25, 0.3) is 0 Å². The van der Waals surface area contributed by atoms with Gasteiger partial charge in [-0.15, -0.1) is 0 Å². The normalized spacial score (nSPS) is 16.5. The van der Waals surface area contributed by atoms with Crippen molar-refractivity contribution in [3.63, 3.8) is 0 Å². The van der Waals surface area contributed by atoms with Gasteiger partial charge in [-0.2, -0.15) is 0 Å². The molecule has 0 aliphatic carbocycles. The molecule has 1 fully saturated rings. The molecule has 0 spiro atoms. The van der Waals surface area contributed by atoms with E-state index in [0.717, 1.165) is 35.5 Å². The summed E-state index contributed by atoms with van der Waals surface area (Å²) < 4.78 is 10.6. The Kier molecular flexibility index (Phi) is 10.5. The standard InChI is InChI=1S/C27H37Cl2N3O3/c1-9-10-11-19(2)32(30(6)27(4,5)20(3)28)18-22-15-25(34-7)23(14-24(22)29)17-31-13-12-21(16-31)26(33)35-8/h9-11,14-15,21H,1-3,12-13,16-18H2,4-8H3/b11-10-/t21-/m1/s1. The average molecular weight is 523 g/mol. The summed E-state index contributed by atoms with van der Waals surface area (Å²) in [7, 11) is 5.01. The minimum Gasteiger partial charge on any atom is -0.496 e. The lowest BCUT2D eigenvalue weighted by atomic mass is 10.0. The Morgan fingerprint density at radius 3 is 2.54 bits per heavy atom. The summed E-state index contributed by atoms with van der Waals surface area (Å²) in [5, 5.41) is 5.10. The number of hydrogen-bond acceptors (Lipinski definition) is 6. The van der Waals surface area contributed by atoms with Gasteiger partial charge in [0.15, 0.2) is 0 Å². The van der Waals surface area contributed by atoms with Crippen LogP contribution in [0, 0.1) is 5.92 Å². The van der Waals surface area contributed by atoms with Crippen LogP contribution < -0.4 is 4.74 Å². The number of carbonyl (C=O) groups excluding carboxylic acids is 1. The van der Waals surface area contributed by atoms with Crippen molar-refractivity contribution in [2.24, 2.45) is 5.92 Å². The van der Waals surface area contributed by atoms with Crippen LogP contribution in [0.5, 0.6) is 5.75 Å². The predicted molar refractivity (Wildman–Crippen MR) is 144 cm³/mol. The smallest absolute Gasteiger partial charge is 0.310 e. The van der Waals surface area contributed by atoms with Gasteiger partial charge in [0.2, 0.25) is 0 Å². The van der Waals surface area contributed by atoms with E-state index in [4.69, 9.17) is 32.7 Å². The van der Waals surface area contributed by atoms with E-state index in [0.29, 0.717) is 29.7 Å². The maximum absolute atomic E-state index is 11.9. The van der Waals surface area contributed by atoms with E-state index in [1.165, 1.54) is 7.11 Å². The third-order valence-corrected chi connectivity index (χ3v) is 7.38. The Balaban J connectivity index is 2.33. The fourth-order valence-corrected chi connectivity index (χ4v) is 4.32. The number of rotatable bonds is 12. The second kappa shape index (κ2) is 12.6. The van der Waals surface area contributed by atoms with E-state index in [9.17, 15) is 4.79 Å². The molecule has 1 saturated heterocycles. The first-order chi connectivity index (χ1) is 16.5. The summed E-state index contributed by atoms with van der Waals surface area (Å²) in [6.07, 6.45) is 6.18. The number of methoxy groups -OCH3 is 2. The lowest BCUT2D eigenvalue weighted by molar-refractivity contribution is -0.144. The summed E-state index contributed by atoms with van der Waals surface area (Å²) >= 11 is 13.1. The van der Waals surface area contributed by atoms with Crippen molar-refractivity contribution >= 4 is 29.2 Å². The maximum atomic E-state index is 11.9. The highest BCUT2D eigenvalue weighted by atomic mass is 35.5. The summed E-state index contributed by atoms with van der Waals surface area (Å²) in [4.78, 5) is 14.1. The molecule has 192 valence electrons. The number of likely N-dealkylation sites (N-methyl/N-ethyl adjacent to an activating group) is 1. The number of halogens is 2. The van der Waals surface area contributed by atoms with E-state index < -0.39 is 5.54 Å². The first-order valence-electron chi connectivity index (χ1n) is 11.5. The zero-order chi connectivity index (χ0) is 26.3. The van der Waals surface area contributed by atoms with Crippen LogP contribution in [-0.2, 0) is 22.6 Å². The average Bonchev–Trinajstić information content (AvgIpc) is 3.29. The third-order valence-electron chi connectivity index (χ3n) is 6.56. The number of ether oxygens (including phenoxy) is 2. The van der Waals surface area contributed by atoms with Crippen LogP contribution in [0.4, 0.5) is 0 Å². The Morgan fingerprint density at radius 1 is 1.29 bits per heavy atom. The van der Waals surface area contributed by atoms with Gasteiger partial charge in [0.25, 0.3) is 0 Å². The summed E-state index contributed by atoms with van der Waals surface area (Å²) in [5.74, 6) is 0.478. The first kappa shape index (κ1) is 29.0. The third kappa shape index (κ3) is 7.14. The van der Waals surface area contributed by atoms with Crippen molar-refractivity contribution in [2.75, 3.05) is 34.4 Å². The van der Waals surface area contributed by atoms with Gasteiger partial charge in [0, 0.05) is 41.5 Å². The summed E-state index contributed by atoms with van der Waals surface area (Å²) in [5.41, 5.74) is 2.03. The van der Waals surface area contributed by atoms with E-state index in [1.54, 1.807) is 13.2 Å². The molecule has 0 N–H and O–H groups in total. The predicted octanol–water partition coefficient (Wildman–Crippen LogP) is 5.78. The highest BCUT2D eigenvalue weighted by Crippen LogP contribution is 2.34. The second-order valence-corrected chi connectivity index (χ2v) is 9.99. The van der Waals surface area contributed by atoms with Crippen molar-refractivity contribution in [1.29, 1.82) is 0 Å². The number of hydrogen-bond donors (Lipinski definition) is 0. The Bertz CT molecular complexity index is 990. The zero-order valence-corrected chi connectivity index (χ0v) is 23.0. The van der Waals surface area contributed by atoms with Gasteiger partial charge in [0.1, 0.15) is 5.75 Å². The molecule has 0 amide bonds. The Labute approximate surface area is 220 Å². The van der Waals surface area contributed by atoms with Gasteiger partial charge in [-0.25, -0.2) is 5.01 Å². The number of hydrazine groups is 1. The molecule has 1 aromatic rings. The Hall–Kier alpha value is -2.25. The van der Waals surface area contributed by atoms with Crippen molar-refractivity contribution in [3.05, 3.63) is 77.0 Å². The van der Waals surface area contributed by atoms with Crippen LogP contribution in [0.2, 0.25) is 5.02 Å². The van der Waals surface area contributed by atoms with Gasteiger partial charge < -0.3 is 14.5 Å². The number of carbonyl (C=O) groups is 1. The minimum atomic E-state index is -0.547. The number of esters is 1. The van der Waals surface area contributed by atoms with Crippen molar-refractivity contribution in [2.45, 2.75) is 38.9 Å². The molecular formula is C27H37Cl2N3O3. The first-order valence-corrected chi connectivity index (χ1v) is 12.2. The molecule has 1 aliphatic rings. The molecule has 0 saturated carbocycles. The van der Waals surface area contributed by atoms with Crippen LogP contribution in [-0.4, -0.2) is 60.8 Å². The van der Waals surface area contributed by atoms with Crippen molar-refractivity contribution in [1.82, 2.24) is 14.9 Å². The molecule has 0 radical (unpaired) electrons. The Morgan fingerprint density at radius 2 is 1.97 bits per heavy atom. The minimum absolute atomic E-state index is 0.0977. The fourth-order valence-electron chi connectivity index (χ4n) is 3.95. The molecule has 1 aromatic carbocycles. The van der Waals surface area contributed by atoms with Crippen LogP contribution in [0.15, 0.2) is 60.8 Å². The molecule has 0 bridgehead atoms. The molecule has 0 aromatic heterocycles. The highest BCUT2D eigenvalue weighted by Gasteiger charge is 2.32. The number of allylic oxidation sites excluding steroid dienone is 3. The fraction of sp³-hybridized carbons (Fsp3) is 0.444. The van der Waals surface area contributed by atoms with Gasteiger partial charge in [-0.3, -0.25) is 9.69 Å². The van der Waals surface area contributed by atoms with Gasteiger partial charge in [-0.1, -0.05) is 55.1 Å². The summed E-state index contributed by atoms with van der Waals surface area (Å²) in [6.45, 7) is 18.4. The molecule has 1 aliphatic heterocycles. The zero-order valence-electron chi connectivity index (χ0n) is 21.4. The topological polar surface area (TPSA) is 45.3 Å². The molecule has 0 unspecified atom stereocenters. The number of benzene rings is 1. The second-order valence-electron chi connectivity index (χ2n) is 9.13. The summed E-state index contributed by atoms with van der Waals surface area (Å²) in [6, 6.07) is 3.90. The van der Waals surface area contributed by atoms with Gasteiger partial charge in [0.05, 0.1) is 32.2 Å². The van der Waals surface area contributed by atoms with E-state index in [-0.39, 0.29) is 11.9 Å². The number of nitrogens with zero attached hydrogens (tertiary/aromatic N) is 3. The lowest BCUT2D eigenvalue weighted by Crippen LogP contribution is -2.51. The van der Waals surface area contributed by atoms with E-state index in [1.807, 2.05) is 55.2 Å². The molecule has 1 atom stereocenters. The molecule has 1 heterocycles. The van der Waals surface area contributed by atoms with E-state index in [2.05, 4.69) is 24.6 Å². The molecule has 8 heteroatoms. The van der Waals surface area contributed by atoms with Crippen LogP contribution in [0.1, 0.15) is 31.4 Å². The lowest BCUT2D eigenvalue weighted by Gasteiger charge is -2.44. The maximum Gasteiger partial charge on any atom is 0.310 e. The van der Waals surface area contributed by atoms with Crippen LogP contribution >= 0.6 is 23.2 Å². The van der Waals surface area contributed by atoms with Crippen molar-refractivity contribution in [3.8, 4) is 5.75 Å². The molecule has 35 heavy (non-hydrogen) atoms. The van der Waals surface area contributed by atoms with Crippen molar-refractivity contribution < 1.29 is 14.3 Å². The molecule has 6 nitrogen and oxygen atoms in total. The van der Waals surface area contributed by atoms with Gasteiger partial charge in [-0.05, 0) is 50.6 Å². The highest BCUT2D eigenvalue weighted by molar-refractivity contribution is 6.31. The molecular weight excluding hydrogens is 485 g/mol. The molecule has 2 rings (SSSR count). The van der Waals surface area contributed by atoms with E-state index >= 15 is 0 Å². The van der Waals surface area contributed by atoms with Crippen LogP contribution in [0.3, 0.4) is 0 Å². The quantitative estimate of drug-likeness (QED) is 0.197. The SMILES string of the molecule is C=C/C=C\C(=C)N(Cc1cc(OC)c(CN2CC[C@@H](C(=O)OC)C2)cc1Cl)N(C)C(C)(C)C(=C)Cl. The number of likely N-dealkylation sites (tertiary alicyclic amines) is 1. The van der Waals surface area contributed by atoms with Gasteiger partial charge >= 0.3 is 5.97 Å². The largest absolute Gasteiger partial charge is 0.496 e. The monoisotopic (exact) mass is 521 g/mol.